The molecule has 1 atom stereocenters. The Morgan fingerprint density at radius 1 is 1.41 bits per heavy atom. The lowest BCUT2D eigenvalue weighted by molar-refractivity contribution is -0.123. The molecule has 0 fully saturated rings. The summed E-state index contributed by atoms with van der Waals surface area (Å²) in [6.45, 7) is 9.14. The summed E-state index contributed by atoms with van der Waals surface area (Å²) in [5.41, 5.74) is 0.917. The van der Waals surface area contributed by atoms with Crippen LogP contribution in [0.25, 0.3) is 0 Å². The first-order chi connectivity index (χ1) is 7.96. The number of methoxy groups -OCH3 is 1. The maximum atomic E-state index is 11.9. The van der Waals surface area contributed by atoms with Gasteiger partial charge in [0.25, 0.3) is 0 Å². The summed E-state index contributed by atoms with van der Waals surface area (Å²) in [5.74, 6) is -0.156. The molecule has 0 aliphatic heterocycles. The van der Waals surface area contributed by atoms with E-state index in [9.17, 15) is 9.59 Å². The number of allylic oxidation sites excluding steroid dienone is 2. The summed E-state index contributed by atoms with van der Waals surface area (Å²) in [4.78, 5) is 23.1. The number of nitrogens with one attached hydrogen (secondary N) is 1. The Bertz CT molecular complexity index is 319. The van der Waals surface area contributed by atoms with Gasteiger partial charge in [0.05, 0.1) is 13.2 Å². The first-order valence-corrected chi connectivity index (χ1v) is 5.62. The predicted molar refractivity (Wildman–Crippen MR) is 67.7 cm³/mol. The second-order valence-corrected chi connectivity index (χ2v) is 4.02. The van der Waals surface area contributed by atoms with Gasteiger partial charge < -0.3 is 10.1 Å². The van der Waals surface area contributed by atoms with E-state index >= 15 is 0 Å². The van der Waals surface area contributed by atoms with Crippen molar-refractivity contribution >= 4 is 11.9 Å². The molecule has 0 aromatic rings. The van der Waals surface area contributed by atoms with Crippen molar-refractivity contribution in [1.29, 1.82) is 0 Å². The number of hydrogen-bond acceptors (Lipinski definition) is 3. The zero-order valence-corrected chi connectivity index (χ0v) is 10.9. The van der Waals surface area contributed by atoms with Gasteiger partial charge in [0.15, 0.2) is 5.78 Å². The highest BCUT2D eigenvalue weighted by atomic mass is 16.5. The van der Waals surface area contributed by atoms with Gasteiger partial charge in [-0.1, -0.05) is 38.2 Å². The highest BCUT2D eigenvalue weighted by molar-refractivity contribution is 5.89. The van der Waals surface area contributed by atoms with E-state index in [0.29, 0.717) is 6.42 Å². The lowest BCUT2D eigenvalue weighted by Crippen LogP contribution is -2.42. The Morgan fingerprint density at radius 2 is 2.00 bits per heavy atom. The molecule has 0 spiro atoms. The van der Waals surface area contributed by atoms with Crippen LogP contribution >= 0.6 is 0 Å². The van der Waals surface area contributed by atoms with E-state index < -0.39 is 12.1 Å². The third-order valence-corrected chi connectivity index (χ3v) is 2.46. The number of carbonyl (C=O) groups excluding carboxylic acids is 2. The van der Waals surface area contributed by atoms with E-state index in [2.05, 4.69) is 16.6 Å². The molecule has 0 radical (unpaired) electrons. The molecule has 96 valence electrons. The number of ether oxygens (including phenoxy) is 1. The standard InChI is InChI=1S/C13H21NO3/c1-6-10(7-2)8-11(12(15)9(3)4)14-13(16)17-5/h6-7,9,11H,1,8H2,2-5H3,(H,14,16)/b10-7+. The van der Waals surface area contributed by atoms with Crippen molar-refractivity contribution in [3.05, 3.63) is 24.3 Å². The average Bonchev–Trinajstić information content (AvgIpc) is 2.32. The van der Waals surface area contributed by atoms with Gasteiger partial charge in [0.2, 0.25) is 0 Å². The van der Waals surface area contributed by atoms with Crippen molar-refractivity contribution in [2.24, 2.45) is 5.92 Å². The van der Waals surface area contributed by atoms with E-state index in [1.54, 1.807) is 19.9 Å². The van der Waals surface area contributed by atoms with Gasteiger partial charge >= 0.3 is 6.09 Å². The van der Waals surface area contributed by atoms with E-state index in [1.165, 1.54) is 7.11 Å². The van der Waals surface area contributed by atoms with Crippen LogP contribution in [0.5, 0.6) is 0 Å². The highest BCUT2D eigenvalue weighted by Crippen LogP contribution is 2.11. The SMILES string of the molecule is C=C/C(=C\C)CC(NC(=O)OC)C(=O)C(C)C. The van der Waals surface area contributed by atoms with Gasteiger partial charge in [-0.15, -0.1) is 0 Å². The molecule has 0 aliphatic rings. The number of carbonyl (C=O) groups is 2. The molecule has 0 saturated carbocycles. The minimum Gasteiger partial charge on any atom is -0.453 e. The number of alkyl carbamates (subject to hydrolysis) is 1. The molecular formula is C13H21NO3. The molecule has 1 N–H and O–H groups in total. The third-order valence-electron chi connectivity index (χ3n) is 2.46. The Hall–Kier alpha value is -1.58. The summed E-state index contributed by atoms with van der Waals surface area (Å²) in [6.07, 6.45) is 3.39. The molecule has 0 heterocycles. The topological polar surface area (TPSA) is 55.4 Å². The Labute approximate surface area is 103 Å². The van der Waals surface area contributed by atoms with Crippen LogP contribution in [0.1, 0.15) is 27.2 Å². The van der Waals surface area contributed by atoms with Crippen molar-refractivity contribution in [2.45, 2.75) is 33.2 Å². The summed E-state index contributed by atoms with van der Waals surface area (Å²) >= 11 is 0. The van der Waals surface area contributed by atoms with Crippen molar-refractivity contribution < 1.29 is 14.3 Å². The van der Waals surface area contributed by atoms with Gasteiger partial charge in [0.1, 0.15) is 0 Å². The molecule has 1 amide bonds. The van der Waals surface area contributed by atoms with Crippen molar-refractivity contribution in [3.8, 4) is 0 Å². The number of rotatable bonds is 6. The molecule has 4 nitrogen and oxygen atoms in total. The normalized spacial score (nSPS) is 13.1. The van der Waals surface area contributed by atoms with Gasteiger partial charge in [-0.25, -0.2) is 4.79 Å². The second kappa shape index (κ2) is 7.65. The van der Waals surface area contributed by atoms with Gasteiger partial charge in [0, 0.05) is 5.92 Å². The molecule has 1 unspecified atom stereocenters. The Morgan fingerprint density at radius 3 is 2.35 bits per heavy atom. The summed E-state index contributed by atoms with van der Waals surface area (Å²) in [7, 11) is 1.27. The Balaban J connectivity index is 4.79. The van der Waals surface area contributed by atoms with Gasteiger partial charge in [-0.2, -0.15) is 0 Å². The van der Waals surface area contributed by atoms with Crippen LogP contribution in [0, 0.1) is 5.92 Å². The third kappa shape index (κ3) is 5.33. The first kappa shape index (κ1) is 15.4. The lowest BCUT2D eigenvalue weighted by Gasteiger charge is -2.19. The predicted octanol–water partition coefficient (Wildman–Crippen LogP) is 2.46. The molecule has 0 saturated heterocycles. The molecule has 0 aromatic carbocycles. The molecule has 0 aliphatic carbocycles. The maximum absolute atomic E-state index is 11.9. The minimum atomic E-state index is -0.594. The highest BCUT2D eigenvalue weighted by Gasteiger charge is 2.23. The van der Waals surface area contributed by atoms with E-state index in [1.807, 2.05) is 13.0 Å². The van der Waals surface area contributed by atoms with E-state index in [4.69, 9.17) is 0 Å². The number of hydrogen-bond donors (Lipinski definition) is 1. The summed E-state index contributed by atoms with van der Waals surface area (Å²) < 4.78 is 4.51. The van der Waals surface area contributed by atoms with Crippen LogP contribution in [0.3, 0.4) is 0 Å². The van der Waals surface area contributed by atoms with Crippen molar-refractivity contribution in [2.75, 3.05) is 7.11 Å². The largest absolute Gasteiger partial charge is 0.453 e. The van der Waals surface area contributed by atoms with Crippen LogP contribution in [-0.4, -0.2) is 25.0 Å². The zero-order chi connectivity index (χ0) is 13.4. The molecule has 0 bridgehead atoms. The van der Waals surface area contributed by atoms with Crippen LogP contribution in [0.4, 0.5) is 4.79 Å². The zero-order valence-electron chi connectivity index (χ0n) is 10.9. The van der Waals surface area contributed by atoms with Gasteiger partial charge in [-0.05, 0) is 13.3 Å². The van der Waals surface area contributed by atoms with Crippen LogP contribution in [-0.2, 0) is 9.53 Å². The van der Waals surface area contributed by atoms with Crippen molar-refractivity contribution in [1.82, 2.24) is 5.32 Å². The quantitative estimate of drug-likeness (QED) is 0.724. The molecule has 17 heavy (non-hydrogen) atoms. The summed E-state index contributed by atoms with van der Waals surface area (Å²) in [5, 5.41) is 2.55. The maximum Gasteiger partial charge on any atom is 0.407 e. The smallest absolute Gasteiger partial charge is 0.407 e. The van der Waals surface area contributed by atoms with Crippen LogP contribution in [0.15, 0.2) is 24.3 Å². The first-order valence-electron chi connectivity index (χ1n) is 5.62. The number of amides is 1. The average molecular weight is 239 g/mol. The second-order valence-electron chi connectivity index (χ2n) is 4.02. The molecule has 4 heteroatoms. The lowest BCUT2D eigenvalue weighted by atomic mass is 9.95. The minimum absolute atomic E-state index is 0.0170. The van der Waals surface area contributed by atoms with Crippen LogP contribution < -0.4 is 5.32 Å². The molecule has 0 aromatic heterocycles. The number of ketones is 1. The van der Waals surface area contributed by atoms with Gasteiger partial charge in [-0.3, -0.25) is 4.79 Å². The fourth-order valence-electron chi connectivity index (χ4n) is 1.38. The fraction of sp³-hybridized carbons (Fsp3) is 0.538. The van der Waals surface area contributed by atoms with E-state index in [0.717, 1.165) is 5.57 Å². The monoisotopic (exact) mass is 239 g/mol. The van der Waals surface area contributed by atoms with Crippen molar-refractivity contribution in [3.63, 3.8) is 0 Å². The van der Waals surface area contributed by atoms with E-state index in [-0.39, 0.29) is 11.7 Å². The molecular weight excluding hydrogens is 218 g/mol. The molecule has 0 rings (SSSR count). The Kier molecular flexibility index (Phi) is 6.94. The fourth-order valence-corrected chi connectivity index (χ4v) is 1.38. The number of Topliss-reactive ketones (excluding diaryl/α,β-unsaturated/α-hetero) is 1. The van der Waals surface area contributed by atoms with Crippen LogP contribution in [0.2, 0.25) is 0 Å². The summed E-state index contributed by atoms with van der Waals surface area (Å²) in [6, 6.07) is -0.563.